The molecule has 0 aliphatic carbocycles. The van der Waals surface area contributed by atoms with E-state index >= 15 is 0 Å². The number of hydrogen-bond acceptors (Lipinski definition) is 4. The van der Waals surface area contributed by atoms with Crippen molar-refractivity contribution in [3.05, 3.63) is 35.4 Å². The van der Waals surface area contributed by atoms with Crippen molar-refractivity contribution in [2.24, 2.45) is 5.41 Å². The van der Waals surface area contributed by atoms with Crippen molar-refractivity contribution in [3.8, 4) is 0 Å². The number of carboxylic acid groups (broad SMARTS) is 1. The van der Waals surface area contributed by atoms with E-state index in [1.54, 1.807) is 26.0 Å². The Morgan fingerprint density at radius 3 is 2.00 bits per heavy atom. The lowest BCUT2D eigenvalue weighted by molar-refractivity contribution is -0.149. The molecule has 0 aromatic heterocycles. The van der Waals surface area contributed by atoms with E-state index in [0.717, 1.165) is 4.90 Å². The first kappa shape index (κ1) is 17.7. The van der Waals surface area contributed by atoms with Crippen molar-refractivity contribution in [1.29, 1.82) is 0 Å². The van der Waals surface area contributed by atoms with E-state index in [1.165, 1.54) is 12.1 Å². The van der Waals surface area contributed by atoms with Gasteiger partial charge in [0.15, 0.2) is 0 Å². The molecule has 1 heterocycles. The zero-order valence-corrected chi connectivity index (χ0v) is 13.7. The zero-order chi connectivity index (χ0) is 17.9. The number of hydrogen-bond donors (Lipinski definition) is 2. The van der Waals surface area contributed by atoms with Crippen LogP contribution in [0.4, 0.5) is 0 Å². The van der Waals surface area contributed by atoms with Crippen LogP contribution < -0.4 is 5.32 Å². The fourth-order valence-electron chi connectivity index (χ4n) is 2.73. The Morgan fingerprint density at radius 2 is 1.58 bits per heavy atom. The molecule has 0 spiro atoms. The molecule has 0 radical (unpaired) electrons. The number of fused-ring (bicyclic) bond motifs is 1. The average molecular weight is 332 g/mol. The Bertz CT molecular complexity index is 659. The lowest BCUT2D eigenvalue weighted by atomic mass is 9.82. The van der Waals surface area contributed by atoms with Crippen molar-refractivity contribution in [2.75, 3.05) is 13.1 Å². The van der Waals surface area contributed by atoms with Crippen molar-refractivity contribution in [3.63, 3.8) is 0 Å². The van der Waals surface area contributed by atoms with Gasteiger partial charge in [-0.3, -0.25) is 24.1 Å². The largest absolute Gasteiger partial charge is 0.481 e. The normalized spacial score (nSPS) is 13.8. The summed E-state index contributed by atoms with van der Waals surface area (Å²) in [6.07, 6.45) is 0.734. The summed E-state index contributed by atoms with van der Waals surface area (Å²) < 4.78 is 0. The third-order valence-electron chi connectivity index (χ3n) is 4.61. The first-order valence-corrected chi connectivity index (χ1v) is 7.81. The van der Waals surface area contributed by atoms with Crippen LogP contribution in [0.3, 0.4) is 0 Å². The van der Waals surface area contributed by atoms with E-state index < -0.39 is 35.7 Å². The molecule has 0 bridgehead atoms. The summed E-state index contributed by atoms with van der Waals surface area (Å²) >= 11 is 0. The van der Waals surface area contributed by atoms with Gasteiger partial charge in [0.25, 0.3) is 11.8 Å². The van der Waals surface area contributed by atoms with Crippen LogP contribution in [0.5, 0.6) is 0 Å². The molecule has 128 valence electrons. The molecule has 1 aromatic rings. The molecular weight excluding hydrogens is 312 g/mol. The van der Waals surface area contributed by atoms with E-state index in [-0.39, 0.29) is 17.7 Å². The van der Waals surface area contributed by atoms with Gasteiger partial charge in [0.1, 0.15) is 6.54 Å². The number of nitrogens with zero attached hydrogens (tertiary/aromatic N) is 1. The van der Waals surface area contributed by atoms with Crippen LogP contribution in [0.1, 0.15) is 47.4 Å². The molecule has 7 heteroatoms. The highest BCUT2D eigenvalue weighted by Gasteiger charge is 2.38. The van der Waals surface area contributed by atoms with Gasteiger partial charge in [-0.05, 0) is 25.0 Å². The highest BCUT2D eigenvalue weighted by atomic mass is 16.4. The minimum absolute atomic E-state index is 0.0443. The lowest BCUT2D eigenvalue weighted by Crippen LogP contribution is -2.46. The lowest BCUT2D eigenvalue weighted by Gasteiger charge is -2.27. The Labute approximate surface area is 139 Å². The molecule has 1 aliphatic heterocycles. The van der Waals surface area contributed by atoms with Crippen molar-refractivity contribution in [1.82, 2.24) is 10.2 Å². The van der Waals surface area contributed by atoms with Crippen LogP contribution >= 0.6 is 0 Å². The van der Waals surface area contributed by atoms with Gasteiger partial charge in [-0.15, -0.1) is 0 Å². The molecule has 0 atom stereocenters. The number of benzene rings is 1. The predicted molar refractivity (Wildman–Crippen MR) is 85.5 cm³/mol. The molecule has 0 fully saturated rings. The number of imide groups is 1. The van der Waals surface area contributed by atoms with Crippen LogP contribution in [0.25, 0.3) is 0 Å². The van der Waals surface area contributed by atoms with Crippen LogP contribution in [0.2, 0.25) is 0 Å². The monoisotopic (exact) mass is 332 g/mol. The molecule has 24 heavy (non-hydrogen) atoms. The van der Waals surface area contributed by atoms with Crippen molar-refractivity contribution in [2.45, 2.75) is 26.7 Å². The van der Waals surface area contributed by atoms with Crippen molar-refractivity contribution < 1.29 is 24.3 Å². The van der Waals surface area contributed by atoms with E-state index in [1.807, 2.05) is 0 Å². The summed E-state index contributed by atoms with van der Waals surface area (Å²) in [4.78, 5) is 48.8. The van der Waals surface area contributed by atoms with Gasteiger partial charge in [-0.2, -0.15) is 0 Å². The Morgan fingerprint density at radius 1 is 1.08 bits per heavy atom. The topological polar surface area (TPSA) is 104 Å². The molecule has 0 saturated heterocycles. The Kier molecular flexibility index (Phi) is 5.02. The summed E-state index contributed by atoms with van der Waals surface area (Å²) in [5, 5.41) is 11.9. The van der Waals surface area contributed by atoms with Gasteiger partial charge in [-0.1, -0.05) is 26.0 Å². The standard InChI is InChI=1S/C17H20N2O5/c1-3-17(4-2,16(23)24)10-18-13(20)9-19-14(21)11-7-5-6-8-12(11)15(19)22/h5-8H,3-4,9-10H2,1-2H3,(H,18,20)(H,23,24). The quantitative estimate of drug-likeness (QED) is 0.732. The van der Waals surface area contributed by atoms with Crippen LogP contribution in [-0.4, -0.2) is 46.8 Å². The maximum Gasteiger partial charge on any atom is 0.311 e. The number of amides is 3. The Balaban J connectivity index is 2.03. The fraction of sp³-hybridized carbons (Fsp3) is 0.412. The first-order valence-electron chi connectivity index (χ1n) is 7.81. The maximum absolute atomic E-state index is 12.2. The molecule has 3 amide bonds. The Hall–Kier alpha value is -2.70. The number of carbonyl (C=O) groups is 4. The van der Waals surface area contributed by atoms with E-state index in [4.69, 9.17) is 0 Å². The summed E-state index contributed by atoms with van der Waals surface area (Å²) in [6, 6.07) is 6.38. The molecular formula is C17H20N2O5. The molecule has 2 N–H and O–H groups in total. The molecule has 1 aromatic carbocycles. The highest BCUT2D eigenvalue weighted by molar-refractivity contribution is 6.22. The number of rotatable bonds is 7. The van der Waals surface area contributed by atoms with E-state index in [2.05, 4.69) is 5.32 Å². The molecule has 2 rings (SSSR count). The second kappa shape index (κ2) is 6.82. The fourth-order valence-corrected chi connectivity index (χ4v) is 2.73. The summed E-state index contributed by atoms with van der Waals surface area (Å²) in [7, 11) is 0. The summed E-state index contributed by atoms with van der Waals surface area (Å²) in [6.45, 7) is 3.02. The second-order valence-electron chi connectivity index (χ2n) is 5.81. The average Bonchev–Trinajstić information content (AvgIpc) is 2.81. The molecule has 0 unspecified atom stereocenters. The SMILES string of the molecule is CCC(CC)(CNC(=O)CN1C(=O)c2ccccc2C1=O)C(=O)O. The van der Waals surface area contributed by atoms with Crippen LogP contribution in [-0.2, 0) is 9.59 Å². The minimum Gasteiger partial charge on any atom is -0.481 e. The zero-order valence-electron chi connectivity index (χ0n) is 13.7. The van der Waals surface area contributed by atoms with Gasteiger partial charge in [0.2, 0.25) is 5.91 Å². The van der Waals surface area contributed by atoms with Crippen LogP contribution in [0.15, 0.2) is 24.3 Å². The first-order chi connectivity index (χ1) is 11.4. The van der Waals surface area contributed by atoms with Gasteiger partial charge >= 0.3 is 5.97 Å². The second-order valence-corrected chi connectivity index (χ2v) is 5.81. The van der Waals surface area contributed by atoms with Crippen LogP contribution in [0, 0.1) is 5.41 Å². The van der Waals surface area contributed by atoms with Gasteiger partial charge in [0.05, 0.1) is 16.5 Å². The molecule has 1 aliphatic rings. The smallest absolute Gasteiger partial charge is 0.311 e. The highest BCUT2D eigenvalue weighted by Crippen LogP contribution is 2.26. The van der Waals surface area contributed by atoms with E-state index in [9.17, 15) is 24.3 Å². The van der Waals surface area contributed by atoms with E-state index in [0.29, 0.717) is 12.8 Å². The number of nitrogens with one attached hydrogen (secondary N) is 1. The predicted octanol–water partition coefficient (Wildman–Crippen LogP) is 1.29. The summed E-state index contributed by atoms with van der Waals surface area (Å²) in [5.41, 5.74) is -0.493. The number of carbonyl (C=O) groups excluding carboxylic acids is 3. The third kappa shape index (κ3) is 3.02. The minimum atomic E-state index is -1.04. The molecule has 0 saturated carbocycles. The summed E-state index contributed by atoms with van der Waals surface area (Å²) in [5.74, 6) is -2.56. The van der Waals surface area contributed by atoms with Gasteiger partial charge in [0, 0.05) is 6.54 Å². The number of carboxylic acids is 1. The third-order valence-corrected chi connectivity index (χ3v) is 4.61. The number of aliphatic carboxylic acids is 1. The van der Waals surface area contributed by atoms with Crippen molar-refractivity contribution >= 4 is 23.7 Å². The van der Waals surface area contributed by atoms with Gasteiger partial charge < -0.3 is 10.4 Å². The van der Waals surface area contributed by atoms with Gasteiger partial charge in [-0.25, -0.2) is 0 Å². The maximum atomic E-state index is 12.2. The molecule has 7 nitrogen and oxygen atoms in total.